The van der Waals surface area contributed by atoms with Crippen molar-refractivity contribution >= 4 is 5.82 Å². The third kappa shape index (κ3) is 3.73. The highest BCUT2D eigenvalue weighted by Gasteiger charge is 2.21. The molecule has 1 aromatic heterocycles. The SMILES string of the molecule is CC1CCCCC1OCCCn1ccc(N)n1. The van der Waals surface area contributed by atoms with Crippen molar-refractivity contribution in [3.8, 4) is 0 Å². The van der Waals surface area contributed by atoms with Crippen molar-refractivity contribution in [2.75, 3.05) is 12.3 Å². The molecule has 2 rings (SSSR count). The second-order valence-corrected chi connectivity index (χ2v) is 5.03. The van der Waals surface area contributed by atoms with Crippen LogP contribution in [0.3, 0.4) is 0 Å². The molecule has 0 saturated heterocycles. The number of ether oxygens (including phenoxy) is 1. The van der Waals surface area contributed by atoms with Crippen molar-refractivity contribution in [1.82, 2.24) is 9.78 Å². The Labute approximate surface area is 103 Å². The van der Waals surface area contributed by atoms with Gasteiger partial charge in [0.25, 0.3) is 0 Å². The van der Waals surface area contributed by atoms with Crippen molar-refractivity contribution in [2.45, 2.75) is 51.7 Å². The maximum Gasteiger partial charge on any atom is 0.145 e. The number of rotatable bonds is 5. The molecule has 1 heterocycles. The first kappa shape index (κ1) is 12.4. The lowest BCUT2D eigenvalue weighted by Crippen LogP contribution is -2.26. The molecule has 0 aromatic carbocycles. The van der Waals surface area contributed by atoms with Crippen molar-refractivity contribution in [3.05, 3.63) is 12.3 Å². The second-order valence-electron chi connectivity index (χ2n) is 5.03. The minimum absolute atomic E-state index is 0.478. The fourth-order valence-corrected chi connectivity index (χ4v) is 2.49. The second kappa shape index (κ2) is 6.05. The minimum Gasteiger partial charge on any atom is -0.382 e. The van der Waals surface area contributed by atoms with Crippen LogP contribution in [0.2, 0.25) is 0 Å². The van der Waals surface area contributed by atoms with Crippen LogP contribution >= 0.6 is 0 Å². The van der Waals surface area contributed by atoms with E-state index in [1.165, 1.54) is 25.7 Å². The molecule has 2 unspecified atom stereocenters. The lowest BCUT2D eigenvalue weighted by atomic mass is 9.88. The highest BCUT2D eigenvalue weighted by molar-refractivity contribution is 5.23. The first-order valence-corrected chi connectivity index (χ1v) is 6.66. The number of anilines is 1. The van der Waals surface area contributed by atoms with Gasteiger partial charge in [-0.15, -0.1) is 0 Å². The first-order chi connectivity index (χ1) is 8.25. The van der Waals surface area contributed by atoms with Gasteiger partial charge in [0.2, 0.25) is 0 Å². The van der Waals surface area contributed by atoms with Crippen LogP contribution in [0, 0.1) is 5.92 Å². The Kier molecular flexibility index (Phi) is 4.42. The van der Waals surface area contributed by atoms with Crippen LogP contribution in [0.15, 0.2) is 12.3 Å². The summed E-state index contributed by atoms with van der Waals surface area (Å²) in [5.41, 5.74) is 5.55. The van der Waals surface area contributed by atoms with E-state index < -0.39 is 0 Å². The van der Waals surface area contributed by atoms with Gasteiger partial charge in [0.15, 0.2) is 0 Å². The van der Waals surface area contributed by atoms with Gasteiger partial charge < -0.3 is 10.5 Å². The van der Waals surface area contributed by atoms with Gasteiger partial charge in [0, 0.05) is 19.3 Å². The molecule has 2 atom stereocenters. The zero-order chi connectivity index (χ0) is 12.1. The molecule has 1 aliphatic carbocycles. The van der Waals surface area contributed by atoms with E-state index >= 15 is 0 Å². The Morgan fingerprint density at radius 3 is 3.00 bits per heavy atom. The van der Waals surface area contributed by atoms with E-state index in [4.69, 9.17) is 10.5 Å². The number of aromatic nitrogens is 2. The van der Waals surface area contributed by atoms with Crippen LogP contribution in [0.1, 0.15) is 39.0 Å². The summed E-state index contributed by atoms with van der Waals surface area (Å²) in [5, 5.41) is 4.15. The maximum atomic E-state index is 5.95. The number of nitrogens with zero attached hydrogens (tertiary/aromatic N) is 2. The monoisotopic (exact) mass is 237 g/mol. The molecule has 1 aromatic rings. The highest BCUT2D eigenvalue weighted by atomic mass is 16.5. The summed E-state index contributed by atoms with van der Waals surface area (Å²) in [7, 11) is 0. The lowest BCUT2D eigenvalue weighted by molar-refractivity contribution is -0.00724. The Bertz CT molecular complexity index is 337. The quantitative estimate of drug-likeness (QED) is 0.800. The zero-order valence-corrected chi connectivity index (χ0v) is 10.6. The summed E-state index contributed by atoms with van der Waals surface area (Å²) in [6.07, 6.45) is 8.64. The lowest BCUT2D eigenvalue weighted by Gasteiger charge is -2.28. The molecule has 0 radical (unpaired) electrons. The summed E-state index contributed by atoms with van der Waals surface area (Å²) in [4.78, 5) is 0. The van der Waals surface area contributed by atoms with E-state index in [1.807, 2.05) is 16.9 Å². The summed E-state index contributed by atoms with van der Waals surface area (Å²) in [6, 6.07) is 1.82. The van der Waals surface area contributed by atoms with Crippen LogP contribution < -0.4 is 5.73 Å². The molecular weight excluding hydrogens is 214 g/mol. The zero-order valence-electron chi connectivity index (χ0n) is 10.6. The Hall–Kier alpha value is -1.03. The van der Waals surface area contributed by atoms with Gasteiger partial charge in [-0.1, -0.05) is 19.8 Å². The summed E-state index contributed by atoms with van der Waals surface area (Å²) >= 11 is 0. The fourth-order valence-electron chi connectivity index (χ4n) is 2.49. The third-order valence-corrected chi connectivity index (χ3v) is 3.56. The van der Waals surface area contributed by atoms with Crippen LogP contribution in [0.25, 0.3) is 0 Å². The smallest absolute Gasteiger partial charge is 0.145 e. The average molecular weight is 237 g/mol. The molecule has 0 amide bonds. The maximum absolute atomic E-state index is 5.95. The molecular formula is C13H23N3O. The standard InChI is InChI=1S/C13H23N3O/c1-11-5-2-3-6-12(11)17-10-4-8-16-9-7-13(14)15-16/h7,9,11-12H,2-6,8,10H2,1H3,(H2,14,15). The molecule has 2 N–H and O–H groups in total. The molecule has 0 bridgehead atoms. The Morgan fingerprint density at radius 1 is 1.47 bits per heavy atom. The van der Waals surface area contributed by atoms with Crippen molar-refractivity contribution in [3.63, 3.8) is 0 Å². The number of nitrogens with two attached hydrogens (primary N) is 1. The van der Waals surface area contributed by atoms with Gasteiger partial charge in [0.1, 0.15) is 5.82 Å². The first-order valence-electron chi connectivity index (χ1n) is 6.66. The predicted molar refractivity (Wildman–Crippen MR) is 68.6 cm³/mol. The van der Waals surface area contributed by atoms with Gasteiger partial charge >= 0.3 is 0 Å². The summed E-state index contributed by atoms with van der Waals surface area (Å²) < 4.78 is 7.83. The van der Waals surface area contributed by atoms with Crippen LogP contribution in [0.4, 0.5) is 5.82 Å². The predicted octanol–water partition coefficient (Wildman–Crippen LogP) is 2.45. The van der Waals surface area contributed by atoms with E-state index in [1.54, 1.807) is 0 Å². The fraction of sp³-hybridized carbons (Fsp3) is 0.769. The van der Waals surface area contributed by atoms with Crippen LogP contribution in [0.5, 0.6) is 0 Å². The number of aryl methyl sites for hydroxylation is 1. The van der Waals surface area contributed by atoms with Gasteiger partial charge in [-0.05, 0) is 31.2 Å². The van der Waals surface area contributed by atoms with Crippen molar-refractivity contribution in [1.29, 1.82) is 0 Å². The van der Waals surface area contributed by atoms with E-state index in [9.17, 15) is 0 Å². The highest BCUT2D eigenvalue weighted by Crippen LogP contribution is 2.26. The largest absolute Gasteiger partial charge is 0.382 e. The Balaban J connectivity index is 1.62. The van der Waals surface area contributed by atoms with E-state index in [2.05, 4.69) is 12.0 Å². The molecule has 4 nitrogen and oxygen atoms in total. The molecule has 17 heavy (non-hydrogen) atoms. The summed E-state index contributed by atoms with van der Waals surface area (Å²) in [5.74, 6) is 1.32. The molecule has 4 heteroatoms. The topological polar surface area (TPSA) is 53.1 Å². The summed E-state index contributed by atoms with van der Waals surface area (Å²) in [6.45, 7) is 4.02. The van der Waals surface area contributed by atoms with Gasteiger partial charge in [-0.2, -0.15) is 5.10 Å². The van der Waals surface area contributed by atoms with E-state index in [-0.39, 0.29) is 0 Å². The third-order valence-electron chi connectivity index (χ3n) is 3.56. The Morgan fingerprint density at radius 2 is 2.29 bits per heavy atom. The van der Waals surface area contributed by atoms with Crippen molar-refractivity contribution in [2.24, 2.45) is 5.92 Å². The van der Waals surface area contributed by atoms with Crippen molar-refractivity contribution < 1.29 is 4.74 Å². The number of hydrogen-bond donors (Lipinski definition) is 1. The minimum atomic E-state index is 0.478. The molecule has 1 saturated carbocycles. The molecule has 0 aliphatic heterocycles. The van der Waals surface area contributed by atoms with Gasteiger partial charge in [0.05, 0.1) is 6.10 Å². The number of nitrogen functional groups attached to an aromatic ring is 1. The van der Waals surface area contributed by atoms with E-state index in [0.29, 0.717) is 11.9 Å². The average Bonchev–Trinajstić information content (AvgIpc) is 2.73. The molecule has 0 spiro atoms. The molecule has 96 valence electrons. The molecule has 1 fully saturated rings. The molecule has 1 aliphatic rings. The van der Waals surface area contributed by atoms with Crippen LogP contribution in [-0.2, 0) is 11.3 Å². The van der Waals surface area contributed by atoms with Gasteiger partial charge in [-0.3, -0.25) is 4.68 Å². The van der Waals surface area contributed by atoms with Crippen LogP contribution in [-0.4, -0.2) is 22.5 Å². The van der Waals surface area contributed by atoms with E-state index in [0.717, 1.165) is 25.5 Å². The van der Waals surface area contributed by atoms with Gasteiger partial charge in [-0.25, -0.2) is 0 Å². The number of hydrogen-bond acceptors (Lipinski definition) is 3. The normalized spacial score (nSPS) is 25.0.